The van der Waals surface area contributed by atoms with Crippen molar-refractivity contribution < 1.29 is 0 Å². The van der Waals surface area contributed by atoms with Gasteiger partial charge in [0.1, 0.15) is 0 Å². The van der Waals surface area contributed by atoms with E-state index in [2.05, 4.69) is 172 Å². The van der Waals surface area contributed by atoms with Gasteiger partial charge in [-0.2, -0.15) is 0 Å². The normalized spacial score (nSPS) is 13.5. The summed E-state index contributed by atoms with van der Waals surface area (Å²) < 4.78 is 0. The van der Waals surface area contributed by atoms with Crippen molar-refractivity contribution in [3.05, 3.63) is 169 Å². The molecule has 47 heavy (non-hydrogen) atoms. The first kappa shape index (κ1) is 26.5. The molecule has 0 spiro atoms. The molecule has 0 heteroatoms. The van der Waals surface area contributed by atoms with E-state index >= 15 is 0 Å². The van der Waals surface area contributed by atoms with Gasteiger partial charge in [0, 0.05) is 5.41 Å². The molecule has 0 N–H and O–H groups in total. The fourth-order valence-electron chi connectivity index (χ4n) is 8.66. The van der Waals surface area contributed by atoms with E-state index in [-0.39, 0.29) is 5.41 Å². The van der Waals surface area contributed by atoms with E-state index in [9.17, 15) is 0 Å². The minimum Gasteiger partial charge on any atom is -0.0619 e. The summed E-state index contributed by atoms with van der Waals surface area (Å²) in [6.45, 7) is 4.75. The lowest BCUT2D eigenvalue weighted by molar-refractivity contribution is 0.660. The molecule has 0 aromatic heterocycles. The third-order valence-corrected chi connectivity index (χ3v) is 10.8. The summed E-state index contributed by atoms with van der Waals surface area (Å²) in [5.74, 6) is 0. The van der Waals surface area contributed by atoms with Gasteiger partial charge >= 0.3 is 0 Å². The summed E-state index contributed by atoms with van der Waals surface area (Å²) >= 11 is 0. The van der Waals surface area contributed by atoms with Crippen LogP contribution in [0.4, 0.5) is 0 Å². The molecule has 0 aliphatic heterocycles. The number of fused-ring (bicyclic) bond motifs is 10. The van der Waals surface area contributed by atoms with Gasteiger partial charge < -0.3 is 0 Å². The van der Waals surface area contributed by atoms with Crippen LogP contribution in [0.25, 0.3) is 87.2 Å². The largest absolute Gasteiger partial charge is 0.0619 e. The van der Waals surface area contributed by atoms with Crippen LogP contribution in [0, 0.1) is 0 Å². The summed E-state index contributed by atoms with van der Waals surface area (Å²) in [6, 6.07) is 59.0. The molecule has 10 rings (SSSR count). The second-order valence-corrected chi connectivity index (χ2v) is 13.6. The second kappa shape index (κ2) is 9.64. The van der Waals surface area contributed by atoms with Crippen LogP contribution in [-0.4, -0.2) is 0 Å². The predicted octanol–water partition coefficient (Wildman–Crippen LogP) is 13.1. The second-order valence-electron chi connectivity index (χ2n) is 13.6. The van der Waals surface area contributed by atoms with Gasteiger partial charge in [0.05, 0.1) is 0 Å². The average Bonchev–Trinajstić information content (AvgIpc) is 3.35. The van der Waals surface area contributed by atoms with Crippen molar-refractivity contribution in [2.24, 2.45) is 0 Å². The van der Waals surface area contributed by atoms with Crippen LogP contribution in [0.5, 0.6) is 0 Å². The lowest BCUT2D eigenvalue weighted by atomic mass is 9.79. The van der Waals surface area contributed by atoms with Crippen LogP contribution in [0.1, 0.15) is 25.0 Å². The third-order valence-electron chi connectivity index (χ3n) is 10.8. The molecular formula is C47H32. The Bertz CT molecular complexity index is 2760. The number of benzene rings is 9. The van der Waals surface area contributed by atoms with Crippen molar-refractivity contribution >= 4 is 53.9 Å². The first-order valence-corrected chi connectivity index (χ1v) is 16.6. The zero-order valence-corrected chi connectivity index (χ0v) is 26.5. The summed E-state index contributed by atoms with van der Waals surface area (Å²) in [7, 11) is 0. The monoisotopic (exact) mass is 596 g/mol. The molecule has 9 aromatic carbocycles. The van der Waals surface area contributed by atoms with Crippen molar-refractivity contribution in [2.75, 3.05) is 0 Å². The van der Waals surface area contributed by atoms with Gasteiger partial charge in [-0.3, -0.25) is 0 Å². The first-order chi connectivity index (χ1) is 23.1. The van der Waals surface area contributed by atoms with Crippen molar-refractivity contribution in [1.82, 2.24) is 0 Å². The van der Waals surface area contributed by atoms with Crippen molar-refractivity contribution in [1.29, 1.82) is 0 Å². The Morgan fingerprint density at radius 2 is 0.936 bits per heavy atom. The highest BCUT2D eigenvalue weighted by atomic mass is 14.4. The fraction of sp³-hybridized carbons (Fsp3) is 0.0638. The SMILES string of the molecule is CC1(C)c2ccccc2-c2ccc(-c3c4ccccc4c(-c4cc5ccccc5c5ccccc45)c4ccc5ccccc5c34)cc21. The molecule has 0 saturated carbocycles. The summed E-state index contributed by atoms with van der Waals surface area (Å²) in [4.78, 5) is 0. The molecule has 220 valence electrons. The standard InChI is InChI=1S/C47H32/c1-47(2)42-22-12-11-19-36(42)37-25-24-31(28-43(37)47)44-38-20-9-10-21-39(38)45(40-26-23-29-13-3-6-16-33(29)46(40)44)41-27-30-14-4-5-15-32(30)34-17-7-8-18-35(34)41/h3-28H,1-2H3. The molecule has 1 aliphatic rings. The van der Waals surface area contributed by atoms with Gasteiger partial charge in [-0.05, 0) is 111 Å². The quantitative estimate of drug-likeness (QED) is 0.138. The topological polar surface area (TPSA) is 0 Å². The van der Waals surface area contributed by atoms with Crippen LogP contribution in [0.15, 0.2) is 158 Å². The van der Waals surface area contributed by atoms with E-state index < -0.39 is 0 Å². The highest BCUT2D eigenvalue weighted by Crippen LogP contribution is 2.52. The molecule has 0 unspecified atom stereocenters. The smallest absolute Gasteiger partial charge is 0.0159 e. The van der Waals surface area contributed by atoms with E-state index in [4.69, 9.17) is 0 Å². The molecule has 9 aromatic rings. The Hall–Kier alpha value is -5.72. The Morgan fingerprint density at radius 1 is 0.340 bits per heavy atom. The Balaban J connectivity index is 1.38. The van der Waals surface area contributed by atoms with Gasteiger partial charge in [0.2, 0.25) is 0 Å². The third kappa shape index (κ3) is 3.64. The van der Waals surface area contributed by atoms with Gasteiger partial charge in [-0.15, -0.1) is 0 Å². The maximum atomic E-state index is 2.49. The van der Waals surface area contributed by atoms with E-state index in [0.717, 1.165) is 0 Å². The Kier molecular flexibility index (Phi) is 5.44. The molecule has 0 atom stereocenters. The van der Waals surface area contributed by atoms with Crippen LogP contribution in [0.3, 0.4) is 0 Å². The molecule has 0 fully saturated rings. The van der Waals surface area contributed by atoms with Gasteiger partial charge in [0.25, 0.3) is 0 Å². The van der Waals surface area contributed by atoms with Gasteiger partial charge in [0.15, 0.2) is 0 Å². The van der Waals surface area contributed by atoms with E-state index in [1.807, 2.05) is 0 Å². The Labute approximate surface area is 274 Å². The molecule has 0 saturated heterocycles. The molecule has 0 amide bonds. The van der Waals surface area contributed by atoms with Crippen LogP contribution in [-0.2, 0) is 5.41 Å². The van der Waals surface area contributed by atoms with E-state index in [1.165, 1.54) is 98.4 Å². The number of hydrogen-bond donors (Lipinski definition) is 0. The van der Waals surface area contributed by atoms with Crippen molar-refractivity contribution in [2.45, 2.75) is 19.3 Å². The maximum absolute atomic E-state index is 2.49. The summed E-state index contributed by atoms with van der Waals surface area (Å²) in [5, 5.41) is 12.9. The highest BCUT2D eigenvalue weighted by molar-refractivity contribution is 6.30. The first-order valence-electron chi connectivity index (χ1n) is 16.6. The van der Waals surface area contributed by atoms with E-state index in [0.29, 0.717) is 0 Å². The fourth-order valence-corrected chi connectivity index (χ4v) is 8.66. The molecule has 0 heterocycles. The minimum absolute atomic E-state index is 0.0699. The molecule has 1 aliphatic carbocycles. The summed E-state index contributed by atoms with van der Waals surface area (Å²) in [5.41, 5.74) is 10.6. The maximum Gasteiger partial charge on any atom is 0.0159 e. The average molecular weight is 597 g/mol. The predicted molar refractivity (Wildman–Crippen MR) is 202 cm³/mol. The van der Waals surface area contributed by atoms with Crippen molar-refractivity contribution in [3.8, 4) is 33.4 Å². The molecule has 0 bridgehead atoms. The number of rotatable bonds is 2. The zero-order chi connectivity index (χ0) is 31.3. The Morgan fingerprint density at radius 3 is 1.74 bits per heavy atom. The summed E-state index contributed by atoms with van der Waals surface area (Å²) in [6.07, 6.45) is 0. The van der Waals surface area contributed by atoms with Gasteiger partial charge in [-0.25, -0.2) is 0 Å². The molecule has 0 nitrogen and oxygen atoms in total. The lowest BCUT2D eigenvalue weighted by Crippen LogP contribution is -2.14. The van der Waals surface area contributed by atoms with E-state index in [1.54, 1.807) is 0 Å². The zero-order valence-electron chi connectivity index (χ0n) is 26.5. The van der Waals surface area contributed by atoms with Gasteiger partial charge in [-0.1, -0.05) is 159 Å². The minimum atomic E-state index is -0.0699. The lowest BCUT2D eigenvalue weighted by Gasteiger charge is -2.23. The number of hydrogen-bond acceptors (Lipinski definition) is 0. The van der Waals surface area contributed by atoms with Crippen LogP contribution < -0.4 is 0 Å². The van der Waals surface area contributed by atoms with Crippen LogP contribution >= 0.6 is 0 Å². The van der Waals surface area contributed by atoms with Crippen LogP contribution in [0.2, 0.25) is 0 Å². The molecule has 0 radical (unpaired) electrons. The molecular weight excluding hydrogens is 565 g/mol. The van der Waals surface area contributed by atoms with Crippen molar-refractivity contribution in [3.63, 3.8) is 0 Å². The highest BCUT2D eigenvalue weighted by Gasteiger charge is 2.35.